The highest BCUT2D eigenvalue weighted by Crippen LogP contribution is 2.19. The van der Waals surface area contributed by atoms with Crippen LogP contribution in [0.15, 0.2) is 12.1 Å². The van der Waals surface area contributed by atoms with Crippen molar-refractivity contribution in [3.8, 4) is 0 Å². The molecule has 0 aromatic heterocycles. The molecule has 65 valence electrons. The molecule has 1 N–H and O–H groups in total. The van der Waals surface area contributed by atoms with Crippen molar-refractivity contribution in [3.63, 3.8) is 0 Å². The molecule has 0 fully saturated rings. The highest BCUT2D eigenvalue weighted by molar-refractivity contribution is 5.22. The van der Waals surface area contributed by atoms with Gasteiger partial charge in [-0.3, -0.25) is 0 Å². The molecule has 1 unspecified atom stereocenters. The Kier molecular flexibility index (Phi) is 2.38. The van der Waals surface area contributed by atoms with Crippen LogP contribution in [0, 0.1) is 24.4 Å². The van der Waals surface area contributed by atoms with Crippen LogP contribution in [-0.2, 0) is 0 Å². The Morgan fingerprint density at radius 3 is 2.08 bits per heavy atom. The highest BCUT2D eigenvalue weighted by atomic mass is 19.2. The van der Waals surface area contributed by atoms with E-state index in [2.05, 4.69) is 6.92 Å². The lowest BCUT2D eigenvalue weighted by atomic mass is 10.1. The van der Waals surface area contributed by atoms with Crippen molar-refractivity contribution in [2.75, 3.05) is 0 Å². The largest absolute Gasteiger partial charge is 0.388 e. The van der Waals surface area contributed by atoms with Gasteiger partial charge in [0.05, 0.1) is 6.10 Å². The van der Waals surface area contributed by atoms with Gasteiger partial charge in [-0.1, -0.05) is 0 Å². The van der Waals surface area contributed by atoms with Gasteiger partial charge < -0.3 is 5.11 Å². The fourth-order valence-corrected chi connectivity index (χ4v) is 0.793. The quantitative estimate of drug-likeness (QED) is 0.647. The van der Waals surface area contributed by atoms with Gasteiger partial charge in [0.2, 0.25) is 0 Å². The van der Waals surface area contributed by atoms with Gasteiger partial charge in [-0.15, -0.1) is 0 Å². The van der Waals surface area contributed by atoms with Crippen LogP contribution in [0.4, 0.5) is 13.2 Å². The topological polar surface area (TPSA) is 20.2 Å². The number of halogens is 3. The van der Waals surface area contributed by atoms with E-state index in [1.165, 1.54) is 0 Å². The Balaban J connectivity index is 3.23. The van der Waals surface area contributed by atoms with Crippen molar-refractivity contribution < 1.29 is 18.3 Å². The third-order valence-electron chi connectivity index (χ3n) is 1.40. The van der Waals surface area contributed by atoms with E-state index in [1.54, 1.807) is 0 Å². The molecule has 1 atom stereocenters. The van der Waals surface area contributed by atoms with Crippen LogP contribution in [-0.4, -0.2) is 5.11 Å². The Bertz CT molecular complexity index is 297. The van der Waals surface area contributed by atoms with Crippen molar-refractivity contribution >= 4 is 0 Å². The summed E-state index contributed by atoms with van der Waals surface area (Å²) in [6.45, 7) is 3.07. The van der Waals surface area contributed by atoms with Crippen LogP contribution in [0.2, 0.25) is 0 Å². The second-order valence-corrected chi connectivity index (χ2v) is 2.30. The molecule has 0 aliphatic carbocycles. The zero-order chi connectivity index (χ0) is 9.30. The number of hydrogen-bond acceptors (Lipinski definition) is 1. The van der Waals surface area contributed by atoms with E-state index < -0.39 is 23.6 Å². The van der Waals surface area contributed by atoms with Crippen LogP contribution in [0.1, 0.15) is 11.7 Å². The van der Waals surface area contributed by atoms with Crippen molar-refractivity contribution in [2.24, 2.45) is 0 Å². The summed E-state index contributed by atoms with van der Waals surface area (Å²) in [5, 5.41) is 8.78. The van der Waals surface area contributed by atoms with E-state index in [1.807, 2.05) is 0 Å². The molecular formula is C8H6F3O. The number of aliphatic hydroxyl groups is 1. The maximum Gasteiger partial charge on any atom is 0.161 e. The van der Waals surface area contributed by atoms with Gasteiger partial charge >= 0.3 is 0 Å². The van der Waals surface area contributed by atoms with E-state index in [4.69, 9.17) is 5.11 Å². The molecule has 1 nitrogen and oxygen atoms in total. The lowest BCUT2D eigenvalue weighted by Gasteiger charge is -2.05. The number of benzene rings is 1. The molecule has 4 heteroatoms. The molecule has 1 aromatic carbocycles. The fraction of sp³-hybridized carbons (Fsp3) is 0.125. The molecule has 0 heterocycles. The smallest absolute Gasteiger partial charge is 0.161 e. The Morgan fingerprint density at radius 2 is 1.58 bits per heavy atom. The van der Waals surface area contributed by atoms with E-state index in [0.29, 0.717) is 12.1 Å². The van der Waals surface area contributed by atoms with Gasteiger partial charge in [0.15, 0.2) is 11.6 Å². The standard InChI is InChI=1S/C8H6F3O/c1-4(12)5-2-7(10)8(11)3-6(5)9/h2-4,12H,1H2. The maximum absolute atomic E-state index is 12.7. The minimum Gasteiger partial charge on any atom is -0.388 e. The molecular weight excluding hydrogens is 169 g/mol. The Morgan fingerprint density at radius 1 is 1.08 bits per heavy atom. The van der Waals surface area contributed by atoms with E-state index in [-0.39, 0.29) is 5.56 Å². The second-order valence-electron chi connectivity index (χ2n) is 2.30. The molecule has 12 heavy (non-hydrogen) atoms. The normalized spacial score (nSPS) is 13.1. The van der Waals surface area contributed by atoms with Crippen LogP contribution in [0.3, 0.4) is 0 Å². The monoisotopic (exact) mass is 175 g/mol. The van der Waals surface area contributed by atoms with Gasteiger partial charge in [-0.2, -0.15) is 0 Å². The Hall–Kier alpha value is -1.03. The average molecular weight is 175 g/mol. The number of rotatable bonds is 1. The SMILES string of the molecule is [CH2]C(O)c1cc(F)c(F)cc1F. The van der Waals surface area contributed by atoms with Crippen LogP contribution in [0.5, 0.6) is 0 Å². The highest BCUT2D eigenvalue weighted by Gasteiger charge is 2.12. The van der Waals surface area contributed by atoms with Crippen LogP contribution < -0.4 is 0 Å². The van der Waals surface area contributed by atoms with Crippen molar-refractivity contribution in [1.29, 1.82) is 0 Å². The molecule has 0 bridgehead atoms. The van der Waals surface area contributed by atoms with Crippen molar-refractivity contribution in [1.82, 2.24) is 0 Å². The molecule has 0 saturated carbocycles. The summed E-state index contributed by atoms with van der Waals surface area (Å²) < 4.78 is 37.4. The fourth-order valence-electron chi connectivity index (χ4n) is 0.793. The maximum atomic E-state index is 12.7. The Labute approximate surface area is 67.5 Å². The molecule has 1 rings (SSSR count). The van der Waals surface area contributed by atoms with Gasteiger partial charge in [0.25, 0.3) is 0 Å². The minimum atomic E-state index is -1.39. The summed E-state index contributed by atoms with van der Waals surface area (Å²) in [6.07, 6.45) is -1.39. The van der Waals surface area contributed by atoms with Crippen molar-refractivity contribution in [2.45, 2.75) is 6.10 Å². The number of aliphatic hydroxyl groups excluding tert-OH is 1. The molecule has 0 spiro atoms. The minimum absolute atomic E-state index is 0.353. The van der Waals surface area contributed by atoms with Gasteiger partial charge in [0, 0.05) is 11.6 Å². The lowest BCUT2D eigenvalue weighted by molar-refractivity contribution is 0.219. The first-order valence-corrected chi connectivity index (χ1v) is 3.18. The molecule has 0 aliphatic heterocycles. The predicted octanol–water partition coefficient (Wildman–Crippen LogP) is 1.97. The summed E-state index contributed by atoms with van der Waals surface area (Å²) in [7, 11) is 0. The third kappa shape index (κ3) is 1.58. The zero-order valence-electron chi connectivity index (χ0n) is 6.02. The molecule has 0 amide bonds. The van der Waals surface area contributed by atoms with E-state index in [0.717, 1.165) is 0 Å². The second kappa shape index (κ2) is 3.15. The molecule has 0 aliphatic rings. The van der Waals surface area contributed by atoms with E-state index in [9.17, 15) is 13.2 Å². The summed E-state index contributed by atoms with van der Waals surface area (Å²) in [6, 6.07) is 0.960. The molecule has 0 saturated heterocycles. The zero-order valence-corrected chi connectivity index (χ0v) is 6.02. The molecule has 1 aromatic rings. The summed E-state index contributed by atoms with van der Waals surface area (Å²) >= 11 is 0. The first-order valence-electron chi connectivity index (χ1n) is 3.18. The average Bonchev–Trinajstić information content (AvgIpc) is 1.96. The van der Waals surface area contributed by atoms with Crippen LogP contribution in [0.25, 0.3) is 0 Å². The van der Waals surface area contributed by atoms with E-state index >= 15 is 0 Å². The first kappa shape index (κ1) is 9.06. The third-order valence-corrected chi connectivity index (χ3v) is 1.40. The summed E-state index contributed by atoms with van der Waals surface area (Å²) in [4.78, 5) is 0. The summed E-state index contributed by atoms with van der Waals surface area (Å²) in [5.74, 6) is -3.48. The predicted molar refractivity (Wildman–Crippen MR) is 36.6 cm³/mol. The van der Waals surface area contributed by atoms with Gasteiger partial charge in [-0.25, -0.2) is 13.2 Å². The van der Waals surface area contributed by atoms with Crippen molar-refractivity contribution in [3.05, 3.63) is 42.1 Å². The van der Waals surface area contributed by atoms with Gasteiger partial charge in [0.1, 0.15) is 5.82 Å². The first-order chi connectivity index (χ1) is 5.52. The van der Waals surface area contributed by atoms with Gasteiger partial charge in [-0.05, 0) is 13.0 Å². The summed E-state index contributed by atoms with van der Waals surface area (Å²) in [5.41, 5.74) is -0.353. The molecule has 1 radical (unpaired) electrons. The van der Waals surface area contributed by atoms with Crippen LogP contribution >= 0.6 is 0 Å². The number of hydrogen-bond donors (Lipinski definition) is 1. The lowest BCUT2D eigenvalue weighted by Crippen LogP contribution is -1.99.